The first-order valence-electron chi connectivity index (χ1n) is 43.1. The zero-order valence-corrected chi connectivity index (χ0v) is 68.5. The van der Waals surface area contributed by atoms with Gasteiger partial charge in [-0.15, -0.1) is 0 Å². The Kier molecular flexibility index (Phi) is 74.4. The van der Waals surface area contributed by atoms with Crippen molar-refractivity contribution in [2.24, 2.45) is 5.92 Å². The molecule has 0 aromatic rings. The predicted molar refractivity (Wildman–Crippen MR) is 418 cm³/mol. The molecule has 2 unspecified atom stereocenters. The standard InChI is InChI=1S/C83H162O17P2/c1-6-9-12-15-18-21-23-25-27-29-31-33-35-37-39-43-47-52-57-62-67-81(86)94-73-79(100-82(87)68-63-58-53-48-44-40-38-36-34-32-30-28-26-24-22-19-16-13-10-7-2)75-98-102(91,92)96-71-77(84)70-95-101(89,90)97-74-78(72-93-80(85)66-61-56-51-20-17-14-11-8-3)99-83(88)69-64-59-54-49-45-41-42-46-50-55-60-65-76(4)5/h76-79,84H,6-75H2,1-5H3,(H,89,90)(H,91,92)/t77-,78+,79+/m0/s1. The smallest absolute Gasteiger partial charge is 0.462 e. The Balaban J connectivity index is 5.18. The van der Waals surface area contributed by atoms with Crippen molar-refractivity contribution in [3.8, 4) is 0 Å². The topological polar surface area (TPSA) is 237 Å². The molecule has 0 saturated heterocycles. The average molecular weight is 1490 g/mol. The molecule has 19 heteroatoms. The van der Waals surface area contributed by atoms with Gasteiger partial charge in [-0.1, -0.05) is 394 Å². The fourth-order valence-corrected chi connectivity index (χ4v) is 14.5. The Labute approximate surface area is 626 Å². The molecule has 0 amide bonds. The molecular weight excluding hydrogens is 1330 g/mol. The van der Waals surface area contributed by atoms with Gasteiger partial charge in [-0.05, 0) is 31.6 Å². The molecule has 0 heterocycles. The van der Waals surface area contributed by atoms with Gasteiger partial charge in [-0.3, -0.25) is 37.3 Å². The molecule has 0 aromatic carbocycles. The van der Waals surface area contributed by atoms with Crippen LogP contribution in [0.25, 0.3) is 0 Å². The van der Waals surface area contributed by atoms with Crippen LogP contribution in [0.5, 0.6) is 0 Å². The van der Waals surface area contributed by atoms with E-state index in [1.54, 1.807) is 0 Å². The van der Waals surface area contributed by atoms with E-state index in [-0.39, 0.29) is 25.7 Å². The number of ether oxygens (including phenoxy) is 4. The third-order valence-electron chi connectivity index (χ3n) is 19.5. The van der Waals surface area contributed by atoms with Crippen LogP contribution in [0.15, 0.2) is 0 Å². The van der Waals surface area contributed by atoms with E-state index >= 15 is 0 Å². The molecule has 0 bridgehead atoms. The van der Waals surface area contributed by atoms with Crippen molar-refractivity contribution >= 4 is 39.5 Å². The maximum atomic E-state index is 13.1. The van der Waals surface area contributed by atoms with Gasteiger partial charge >= 0.3 is 39.5 Å². The summed E-state index contributed by atoms with van der Waals surface area (Å²) >= 11 is 0. The molecule has 3 N–H and O–H groups in total. The minimum atomic E-state index is -4.96. The Morgan fingerprint density at radius 1 is 0.265 bits per heavy atom. The summed E-state index contributed by atoms with van der Waals surface area (Å²) in [5.74, 6) is -1.34. The van der Waals surface area contributed by atoms with Gasteiger partial charge in [-0.25, -0.2) is 9.13 Å². The number of unbranched alkanes of at least 4 members (excludes halogenated alkanes) is 55. The lowest BCUT2D eigenvalue weighted by molar-refractivity contribution is -0.161. The zero-order valence-electron chi connectivity index (χ0n) is 66.8. The lowest BCUT2D eigenvalue weighted by atomic mass is 10.0. The van der Waals surface area contributed by atoms with Crippen molar-refractivity contribution in [3.63, 3.8) is 0 Å². The van der Waals surface area contributed by atoms with Crippen molar-refractivity contribution in [1.29, 1.82) is 0 Å². The molecule has 0 rings (SSSR count). The Bertz CT molecular complexity index is 1940. The lowest BCUT2D eigenvalue weighted by Crippen LogP contribution is -2.30. The molecule has 102 heavy (non-hydrogen) atoms. The second-order valence-electron chi connectivity index (χ2n) is 30.3. The first-order valence-corrected chi connectivity index (χ1v) is 46.1. The van der Waals surface area contributed by atoms with Crippen LogP contribution in [-0.4, -0.2) is 96.7 Å². The summed E-state index contributed by atoms with van der Waals surface area (Å²) in [4.78, 5) is 73.0. The van der Waals surface area contributed by atoms with Crippen LogP contribution in [0.2, 0.25) is 0 Å². The molecule has 0 fully saturated rings. The van der Waals surface area contributed by atoms with Gasteiger partial charge in [0.25, 0.3) is 0 Å². The molecule has 0 aliphatic carbocycles. The van der Waals surface area contributed by atoms with E-state index < -0.39 is 97.5 Å². The van der Waals surface area contributed by atoms with Crippen molar-refractivity contribution in [2.75, 3.05) is 39.6 Å². The predicted octanol–water partition coefficient (Wildman–Crippen LogP) is 25.2. The Hall–Kier alpha value is -1.94. The second-order valence-corrected chi connectivity index (χ2v) is 33.3. The minimum absolute atomic E-state index is 0.107. The first-order chi connectivity index (χ1) is 49.5. The van der Waals surface area contributed by atoms with Gasteiger partial charge in [0.15, 0.2) is 12.2 Å². The number of phosphoric acid groups is 2. The van der Waals surface area contributed by atoms with Crippen molar-refractivity contribution in [3.05, 3.63) is 0 Å². The van der Waals surface area contributed by atoms with Gasteiger partial charge in [0, 0.05) is 25.7 Å². The highest BCUT2D eigenvalue weighted by molar-refractivity contribution is 7.47. The molecule has 0 saturated carbocycles. The van der Waals surface area contributed by atoms with E-state index in [1.807, 2.05) is 0 Å². The van der Waals surface area contributed by atoms with Crippen molar-refractivity contribution in [2.45, 2.75) is 464 Å². The molecule has 0 aromatic heterocycles. The van der Waals surface area contributed by atoms with Gasteiger partial charge in [-0.2, -0.15) is 0 Å². The summed E-state index contributed by atoms with van der Waals surface area (Å²) in [5.41, 5.74) is 0. The number of carbonyl (C=O) groups excluding carboxylic acids is 4. The highest BCUT2D eigenvalue weighted by Crippen LogP contribution is 2.45. The number of esters is 4. The van der Waals surface area contributed by atoms with Crippen LogP contribution in [0.4, 0.5) is 0 Å². The molecule has 0 radical (unpaired) electrons. The van der Waals surface area contributed by atoms with Gasteiger partial charge in [0.05, 0.1) is 26.4 Å². The van der Waals surface area contributed by atoms with E-state index in [0.717, 1.165) is 102 Å². The summed E-state index contributed by atoms with van der Waals surface area (Å²) in [6.07, 6.45) is 68.2. The fraction of sp³-hybridized carbons (Fsp3) is 0.952. The molecule has 5 atom stereocenters. The number of phosphoric ester groups is 2. The third kappa shape index (κ3) is 76.3. The van der Waals surface area contributed by atoms with E-state index in [0.29, 0.717) is 25.7 Å². The third-order valence-corrected chi connectivity index (χ3v) is 21.4. The summed E-state index contributed by atoms with van der Waals surface area (Å²) in [5, 5.41) is 10.6. The number of aliphatic hydroxyl groups excluding tert-OH is 1. The zero-order chi connectivity index (χ0) is 74.8. The number of rotatable bonds is 83. The highest BCUT2D eigenvalue weighted by atomic mass is 31.2. The Morgan fingerprint density at radius 3 is 0.667 bits per heavy atom. The van der Waals surface area contributed by atoms with Crippen molar-refractivity contribution < 1.29 is 80.2 Å². The van der Waals surface area contributed by atoms with Crippen molar-refractivity contribution in [1.82, 2.24) is 0 Å². The second kappa shape index (κ2) is 75.9. The molecule has 0 aliphatic rings. The van der Waals surface area contributed by atoms with E-state index in [4.69, 9.17) is 37.0 Å². The number of aliphatic hydroxyl groups is 1. The van der Waals surface area contributed by atoms with Gasteiger partial charge in [0.2, 0.25) is 0 Å². The van der Waals surface area contributed by atoms with Gasteiger partial charge < -0.3 is 33.8 Å². The summed E-state index contributed by atoms with van der Waals surface area (Å²) in [7, 11) is -9.92. The van der Waals surface area contributed by atoms with E-state index in [9.17, 15) is 43.2 Å². The van der Waals surface area contributed by atoms with Crippen LogP contribution < -0.4 is 0 Å². The van der Waals surface area contributed by atoms with Crippen LogP contribution >= 0.6 is 15.6 Å². The molecular formula is C83H162O17P2. The molecule has 17 nitrogen and oxygen atoms in total. The largest absolute Gasteiger partial charge is 0.472 e. The maximum absolute atomic E-state index is 13.1. The first kappa shape index (κ1) is 100. The lowest BCUT2D eigenvalue weighted by Gasteiger charge is -2.21. The van der Waals surface area contributed by atoms with Crippen LogP contribution in [0, 0.1) is 5.92 Å². The number of hydrogen-bond acceptors (Lipinski definition) is 15. The van der Waals surface area contributed by atoms with E-state index in [1.165, 1.54) is 263 Å². The summed E-state index contributed by atoms with van der Waals surface area (Å²) in [6.45, 7) is 7.31. The monoisotopic (exact) mass is 1490 g/mol. The fourth-order valence-electron chi connectivity index (χ4n) is 12.9. The van der Waals surface area contributed by atoms with Crippen LogP contribution in [0.3, 0.4) is 0 Å². The summed E-state index contributed by atoms with van der Waals surface area (Å²) in [6, 6.07) is 0. The Morgan fingerprint density at radius 2 is 0.451 bits per heavy atom. The highest BCUT2D eigenvalue weighted by Gasteiger charge is 2.30. The van der Waals surface area contributed by atoms with Crippen LogP contribution in [-0.2, 0) is 65.4 Å². The summed E-state index contributed by atoms with van der Waals surface area (Å²) < 4.78 is 68.7. The molecule has 0 spiro atoms. The maximum Gasteiger partial charge on any atom is 0.472 e. The number of hydrogen-bond donors (Lipinski definition) is 3. The molecule has 606 valence electrons. The normalized spacial score (nSPS) is 13.8. The SMILES string of the molecule is CCCCCCCCCCCCCCCCCCCCCCC(=O)OC[C@H](COP(=O)(O)OC[C@@H](O)COP(=O)(O)OC[C@@H](COC(=O)CCCCCCCCCC)OC(=O)CCCCCCCCCCCCCC(C)C)OC(=O)CCCCCCCCCCCCCCCCCCCCCC. The quantitative estimate of drug-likeness (QED) is 0.0222. The molecule has 0 aliphatic heterocycles. The van der Waals surface area contributed by atoms with Gasteiger partial charge in [0.1, 0.15) is 19.3 Å². The van der Waals surface area contributed by atoms with Crippen LogP contribution in [0.1, 0.15) is 446 Å². The minimum Gasteiger partial charge on any atom is -0.462 e. The average Bonchev–Trinajstić information content (AvgIpc) is 0.910. The number of carbonyl (C=O) groups is 4. The van der Waals surface area contributed by atoms with E-state index in [2.05, 4.69) is 34.6 Å².